The van der Waals surface area contributed by atoms with Gasteiger partial charge in [0.1, 0.15) is 5.70 Å². The molecule has 1 amide bonds. The van der Waals surface area contributed by atoms with E-state index in [4.69, 9.17) is 16.3 Å². The van der Waals surface area contributed by atoms with Crippen molar-refractivity contribution < 1.29 is 14.3 Å². The normalized spacial score (nSPS) is 12.9. The lowest BCUT2D eigenvalue weighted by Gasteiger charge is -2.19. The maximum atomic E-state index is 13.1. The van der Waals surface area contributed by atoms with Gasteiger partial charge in [-0.3, -0.25) is 4.79 Å². The number of hydrogen-bond donors (Lipinski definition) is 0. The summed E-state index contributed by atoms with van der Waals surface area (Å²) in [6.07, 6.45) is 4.39. The van der Waals surface area contributed by atoms with E-state index >= 15 is 0 Å². The SMILES string of the molecule is CCOC(=O)N1C=Cc2ccccc2C=C1C(=O)c1ccccc1Cl. The van der Waals surface area contributed by atoms with Gasteiger partial charge in [0.15, 0.2) is 0 Å². The number of benzene rings is 2. The molecule has 1 aliphatic rings. The van der Waals surface area contributed by atoms with E-state index in [2.05, 4.69) is 0 Å². The van der Waals surface area contributed by atoms with Crippen LogP contribution in [0.5, 0.6) is 0 Å². The van der Waals surface area contributed by atoms with E-state index in [-0.39, 0.29) is 18.1 Å². The number of rotatable bonds is 3. The van der Waals surface area contributed by atoms with Crippen molar-refractivity contribution in [2.75, 3.05) is 6.61 Å². The van der Waals surface area contributed by atoms with Crippen molar-refractivity contribution >= 4 is 35.6 Å². The van der Waals surface area contributed by atoms with Crippen LogP contribution in [0.25, 0.3) is 12.2 Å². The van der Waals surface area contributed by atoms with E-state index in [0.717, 1.165) is 11.1 Å². The minimum Gasteiger partial charge on any atom is -0.449 e. The van der Waals surface area contributed by atoms with Crippen molar-refractivity contribution in [3.05, 3.63) is 82.1 Å². The number of allylic oxidation sites excluding steroid dienone is 1. The molecule has 4 nitrogen and oxygen atoms in total. The van der Waals surface area contributed by atoms with Crippen molar-refractivity contribution in [2.24, 2.45) is 0 Å². The Morgan fingerprint density at radius 1 is 1.04 bits per heavy atom. The van der Waals surface area contributed by atoms with Crippen LogP contribution in [0.2, 0.25) is 5.02 Å². The number of nitrogens with zero attached hydrogens (tertiary/aromatic N) is 1. The molecule has 0 N–H and O–H groups in total. The molecule has 1 aliphatic heterocycles. The van der Waals surface area contributed by atoms with E-state index in [1.807, 2.05) is 24.3 Å². The minimum absolute atomic E-state index is 0.188. The van der Waals surface area contributed by atoms with Crippen molar-refractivity contribution in [2.45, 2.75) is 6.92 Å². The molecule has 126 valence electrons. The second kappa shape index (κ2) is 7.36. The molecule has 0 atom stereocenters. The Hall–Kier alpha value is -2.85. The third kappa shape index (κ3) is 3.49. The average Bonchev–Trinajstić information content (AvgIpc) is 2.81. The Bertz CT molecular complexity index is 886. The van der Waals surface area contributed by atoms with Gasteiger partial charge in [0.2, 0.25) is 5.78 Å². The summed E-state index contributed by atoms with van der Waals surface area (Å²) in [6, 6.07) is 14.3. The standard InChI is InChI=1S/C20H16ClNO3/c1-2-25-20(24)22-12-11-14-7-3-4-8-15(14)13-18(22)19(23)16-9-5-6-10-17(16)21/h3-13H,2H2,1H3. The van der Waals surface area contributed by atoms with Crippen molar-refractivity contribution in [1.82, 2.24) is 4.90 Å². The summed E-state index contributed by atoms with van der Waals surface area (Å²) < 4.78 is 5.09. The van der Waals surface area contributed by atoms with Crippen LogP contribution in [-0.4, -0.2) is 23.4 Å². The molecule has 0 radical (unpaired) electrons. The fraction of sp³-hybridized carbons (Fsp3) is 0.100. The molecule has 25 heavy (non-hydrogen) atoms. The summed E-state index contributed by atoms with van der Waals surface area (Å²) in [6.45, 7) is 1.93. The molecular weight excluding hydrogens is 338 g/mol. The first-order chi connectivity index (χ1) is 12.1. The Balaban J connectivity index is 2.12. The number of halogens is 1. The highest BCUT2D eigenvalue weighted by Gasteiger charge is 2.26. The zero-order chi connectivity index (χ0) is 17.8. The molecule has 0 saturated carbocycles. The van der Waals surface area contributed by atoms with Crippen LogP contribution in [0.1, 0.15) is 28.4 Å². The topological polar surface area (TPSA) is 46.6 Å². The van der Waals surface area contributed by atoms with Crippen molar-refractivity contribution in [3.8, 4) is 0 Å². The maximum absolute atomic E-state index is 13.1. The summed E-state index contributed by atoms with van der Waals surface area (Å²) >= 11 is 6.17. The van der Waals surface area contributed by atoms with Crippen LogP contribution in [0.4, 0.5) is 4.79 Å². The number of fused-ring (bicyclic) bond motifs is 1. The molecule has 5 heteroatoms. The van der Waals surface area contributed by atoms with Gasteiger partial charge in [-0.25, -0.2) is 9.69 Å². The van der Waals surface area contributed by atoms with Crippen molar-refractivity contribution in [3.63, 3.8) is 0 Å². The molecule has 0 aliphatic carbocycles. The van der Waals surface area contributed by atoms with Gasteiger partial charge in [0, 0.05) is 11.8 Å². The Morgan fingerprint density at radius 2 is 1.72 bits per heavy atom. The van der Waals surface area contributed by atoms with Crippen LogP contribution in [0.3, 0.4) is 0 Å². The largest absolute Gasteiger partial charge is 0.449 e. The third-order valence-corrected chi connectivity index (χ3v) is 4.10. The molecule has 2 aromatic carbocycles. The number of Topliss-reactive ketones (excluding diaryl/α,β-unsaturated/α-hetero) is 1. The van der Waals surface area contributed by atoms with E-state index in [1.165, 1.54) is 4.90 Å². The van der Waals surface area contributed by atoms with E-state index in [1.54, 1.807) is 49.5 Å². The summed E-state index contributed by atoms with van der Waals surface area (Å²) in [5.41, 5.74) is 2.25. The van der Waals surface area contributed by atoms with Crippen LogP contribution in [0.15, 0.2) is 60.4 Å². The fourth-order valence-electron chi connectivity index (χ4n) is 2.56. The third-order valence-electron chi connectivity index (χ3n) is 3.77. The maximum Gasteiger partial charge on any atom is 0.418 e. The van der Waals surface area contributed by atoms with E-state index in [0.29, 0.717) is 10.6 Å². The summed E-state index contributed by atoms with van der Waals surface area (Å²) in [5, 5.41) is 0.332. The van der Waals surface area contributed by atoms with Gasteiger partial charge in [0.05, 0.1) is 11.6 Å². The lowest BCUT2D eigenvalue weighted by atomic mass is 10.0. The number of hydrogen-bond acceptors (Lipinski definition) is 3. The monoisotopic (exact) mass is 353 g/mol. The highest BCUT2D eigenvalue weighted by Crippen LogP contribution is 2.27. The van der Waals surface area contributed by atoms with Gasteiger partial charge < -0.3 is 4.74 Å². The van der Waals surface area contributed by atoms with Gasteiger partial charge in [-0.1, -0.05) is 48.0 Å². The van der Waals surface area contributed by atoms with Crippen LogP contribution in [-0.2, 0) is 4.74 Å². The predicted octanol–water partition coefficient (Wildman–Crippen LogP) is 5.01. The number of ether oxygens (including phenoxy) is 1. The molecular formula is C20H16ClNO3. The van der Waals surface area contributed by atoms with Crippen LogP contribution < -0.4 is 0 Å². The predicted molar refractivity (Wildman–Crippen MR) is 98.1 cm³/mol. The highest BCUT2D eigenvalue weighted by molar-refractivity contribution is 6.35. The molecule has 0 unspecified atom stereocenters. The van der Waals surface area contributed by atoms with Crippen LogP contribution >= 0.6 is 11.6 Å². The van der Waals surface area contributed by atoms with Crippen LogP contribution in [0, 0.1) is 0 Å². The van der Waals surface area contributed by atoms with Gasteiger partial charge >= 0.3 is 6.09 Å². The lowest BCUT2D eigenvalue weighted by molar-refractivity contribution is 0.0973. The number of amides is 1. The van der Waals surface area contributed by atoms with Gasteiger partial charge in [-0.05, 0) is 42.3 Å². The Labute approximate surface area is 151 Å². The fourth-order valence-corrected chi connectivity index (χ4v) is 2.78. The smallest absolute Gasteiger partial charge is 0.418 e. The van der Waals surface area contributed by atoms with Gasteiger partial charge in [0.25, 0.3) is 0 Å². The minimum atomic E-state index is -0.613. The zero-order valence-electron chi connectivity index (χ0n) is 13.6. The second-order valence-corrected chi connectivity index (χ2v) is 5.76. The first-order valence-corrected chi connectivity index (χ1v) is 8.23. The Kier molecular flexibility index (Phi) is 5.00. The first-order valence-electron chi connectivity index (χ1n) is 7.86. The molecule has 3 rings (SSSR count). The number of ketones is 1. The number of carbonyl (C=O) groups is 2. The first kappa shape index (κ1) is 17.0. The summed E-state index contributed by atoms with van der Waals surface area (Å²) in [5.74, 6) is -0.347. The van der Waals surface area contributed by atoms with Gasteiger partial charge in [-0.15, -0.1) is 0 Å². The van der Waals surface area contributed by atoms with Gasteiger partial charge in [-0.2, -0.15) is 0 Å². The second-order valence-electron chi connectivity index (χ2n) is 5.35. The molecule has 0 aromatic heterocycles. The molecule has 1 heterocycles. The highest BCUT2D eigenvalue weighted by atomic mass is 35.5. The molecule has 0 spiro atoms. The molecule has 0 bridgehead atoms. The Morgan fingerprint density at radius 3 is 2.44 bits per heavy atom. The van der Waals surface area contributed by atoms with E-state index in [9.17, 15) is 9.59 Å². The number of carbonyl (C=O) groups excluding carboxylic acids is 2. The summed E-state index contributed by atoms with van der Waals surface area (Å²) in [7, 11) is 0. The molecule has 0 fully saturated rings. The van der Waals surface area contributed by atoms with Crippen molar-refractivity contribution in [1.29, 1.82) is 0 Å². The average molecular weight is 354 g/mol. The molecule has 2 aromatic rings. The molecule has 0 saturated heterocycles. The summed E-state index contributed by atoms with van der Waals surface area (Å²) in [4.78, 5) is 26.6. The lowest BCUT2D eigenvalue weighted by Crippen LogP contribution is -2.29. The van der Waals surface area contributed by atoms with E-state index < -0.39 is 6.09 Å². The zero-order valence-corrected chi connectivity index (χ0v) is 14.4. The quantitative estimate of drug-likeness (QED) is 0.729.